The molecule has 1 aromatic rings. The number of hydrogen-bond acceptors (Lipinski definition) is 4. The monoisotopic (exact) mass is 320 g/mol. The SMILES string of the molecule is CC1(O[SH](=O)=O)C=CC=C(NC(=O)Nc2ccccc2)C=C1. The molecule has 1 aliphatic rings. The number of para-hydroxylation sites is 1. The number of anilines is 1. The molecule has 1 aliphatic carbocycles. The Bertz CT molecular complexity index is 700. The van der Waals surface area contributed by atoms with E-state index in [1.165, 1.54) is 0 Å². The Kier molecular flexibility index (Phi) is 5.13. The molecule has 116 valence electrons. The van der Waals surface area contributed by atoms with Crippen LogP contribution in [0.1, 0.15) is 6.92 Å². The van der Waals surface area contributed by atoms with Gasteiger partial charge in [0.2, 0.25) is 0 Å². The first-order chi connectivity index (χ1) is 10.5. The number of urea groups is 1. The zero-order valence-electron chi connectivity index (χ0n) is 11.9. The fourth-order valence-electron chi connectivity index (χ4n) is 1.83. The zero-order valence-corrected chi connectivity index (χ0v) is 12.7. The lowest BCUT2D eigenvalue weighted by Crippen LogP contribution is -2.27. The minimum atomic E-state index is -2.97. The van der Waals surface area contributed by atoms with Crippen LogP contribution in [0.25, 0.3) is 0 Å². The van der Waals surface area contributed by atoms with Gasteiger partial charge in [-0.2, -0.15) is 0 Å². The van der Waals surface area contributed by atoms with E-state index in [0.29, 0.717) is 11.4 Å². The van der Waals surface area contributed by atoms with Crippen molar-refractivity contribution in [1.82, 2.24) is 5.32 Å². The molecular formula is C15H16N2O4S. The number of thiol groups is 1. The third-order valence-corrected chi connectivity index (χ3v) is 3.40. The molecule has 0 saturated carbocycles. The van der Waals surface area contributed by atoms with Crippen LogP contribution in [0, 0.1) is 0 Å². The summed E-state index contributed by atoms with van der Waals surface area (Å²) in [7, 11) is -2.97. The molecule has 1 atom stereocenters. The van der Waals surface area contributed by atoms with Gasteiger partial charge >= 0.3 is 6.03 Å². The highest BCUT2D eigenvalue weighted by atomic mass is 32.2. The summed E-state index contributed by atoms with van der Waals surface area (Å²) < 4.78 is 26.2. The molecule has 2 N–H and O–H groups in total. The average Bonchev–Trinajstić information content (AvgIpc) is 2.61. The van der Waals surface area contributed by atoms with E-state index >= 15 is 0 Å². The van der Waals surface area contributed by atoms with E-state index in [9.17, 15) is 13.2 Å². The van der Waals surface area contributed by atoms with Crippen molar-refractivity contribution in [1.29, 1.82) is 0 Å². The number of carbonyl (C=O) groups is 1. The molecule has 0 spiro atoms. The number of amides is 2. The fraction of sp³-hybridized carbons (Fsp3) is 0.133. The predicted octanol–water partition coefficient (Wildman–Crippen LogP) is 2.12. The molecule has 0 aliphatic heterocycles. The van der Waals surface area contributed by atoms with E-state index in [1.54, 1.807) is 49.4 Å². The lowest BCUT2D eigenvalue weighted by Gasteiger charge is -2.17. The van der Waals surface area contributed by atoms with Crippen LogP contribution in [-0.2, 0) is 15.2 Å². The Morgan fingerprint density at radius 3 is 2.55 bits per heavy atom. The summed E-state index contributed by atoms with van der Waals surface area (Å²) >= 11 is 0. The molecule has 0 heterocycles. The molecule has 0 fully saturated rings. The Hall–Kier alpha value is -2.38. The summed E-state index contributed by atoms with van der Waals surface area (Å²) in [6.45, 7) is 1.60. The first-order valence-electron chi connectivity index (χ1n) is 6.52. The molecule has 7 heteroatoms. The molecular weight excluding hydrogens is 304 g/mol. The maximum Gasteiger partial charge on any atom is 0.323 e. The number of hydrogen-bond donors (Lipinski definition) is 3. The zero-order chi connectivity index (χ0) is 16.0. The standard InChI is InChI=1S/C15H16N2O4S/c1-15(21-22(19)20)10-5-8-13(9-11-15)17-14(18)16-12-6-3-2-4-7-12/h2-11,22H,1H3,(H2,16,17,18). The van der Waals surface area contributed by atoms with Gasteiger partial charge in [-0.25, -0.2) is 13.2 Å². The number of benzene rings is 1. The minimum Gasteiger partial charge on any atom is -0.308 e. The number of rotatable bonds is 4. The fourth-order valence-corrected chi connectivity index (χ4v) is 2.27. The van der Waals surface area contributed by atoms with Crippen LogP contribution < -0.4 is 10.6 Å². The second kappa shape index (κ2) is 7.06. The van der Waals surface area contributed by atoms with Crippen molar-refractivity contribution in [3.8, 4) is 0 Å². The van der Waals surface area contributed by atoms with Crippen LogP contribution in [0.15, 0.2) is 66.4 Å². The highest BCUT2D eigenvalue weighted by molar-refractivity contribution is 7.67. The molecule has 0 bridgehead atoms. The third-order valence-electron chi connectivity index (χ3n) is 2.86. The molecule has 0 aromatic heterocycles. The maximum absolute atomic E-state index is 11.9. The molecule has 1 aromatic carbocycles. The van der Waals surface area contributed by atoms with Gasteiger partial charge in [-0.1, -0.05) is 24.3 Å². The Labute approximate surface area is 130 Å². The van der Waals surface area contributed by atoms with Crippen molar-refractivity contribution in [2.75, 3.05) is 5.32 Å². The van der Waals surface area contributed by atoms with Crippen molar-refractivity contribution >= 4 is 22.7 Å². The van der Waals surface area contributed by atoms with Crippen molar-refractivity contribution in [3.05, 3.63) is 66.4 Å². The van der Waals surface area contributed by atoms with Crippen molar-refractivity contribution < 1.29 is 17.4 Å². The quantitative estimate of drug-likeness (QED) is 0.742. The van der Waals surface area contributed by atoms with Gasteiger partial charge in [-0.3, -0.25) is 4.18 Å². The highest BCUT2D eigenvalue weighted by Gasteiger charge is 2.20. The number of allylic oxidation sites excluding steroid dienone is 3. The van der Waals surface area contributed by atoms with Crippen molar-refractivity contribution in [3.63, 3.8) is 0 Å². The van der Waals surface area contributed by atoms with Crippen LogP contribution >= 0.6 is 0 Å². The topological polar surface area (TPSA) is 84.5 Å². The predicted molar refractivity (Wildman–Crippen MR) is 84.8 cm³/mol. The van der Waals surface area contributed by atoms with Gasteiger partial charge < -0.3 is 10.6 Å². The molecule has 0 saturated heterocycles. The van der Waals surface area contributed by atoms with Crippen LogP contribution in [0.3, 0.4) is 0 Å². The Morgan fingerprint density at radius 2 is 1.86 bits per heavy atom. The van der Waals surface area contributed by atoms with Crippen LogP contribution in [0.2, 0.25) is 0 Å². The van der Waals surface area contributed by atoms with Gasteiger partial charge in [0.1, 0.15) is 5.60 Å². The van der Waals surface area contributed by atoms with Crippen LogP contribution in [0.4, 0.5) is 10.5 Å². The van der Waals surface area contributed by atoms with E-state index in [1.807, 2.05) is 18.2 Å². The summed E-state index contributed by atoms with van der Waals surface area (Å²) in [5, 5.41) is 5.35. The van der Waals surface area contributed by atoms with E-state index < -0.39 is 22.6 Å². The molecule has 2 amide bonds. The average molecular weight is 320 g/mol. The first kappa shape index (κ1) is 16.0. The molecule has 6 nitrogen and oxygen atoms in total. The van der Waals surface area contributed by atoms with Gasteiger partial charge in [0.05, 0.1) is 0 Å². The van der Waals surface area contributed by atoms with E-state index in [4.69, 9.17) is 4.18 Å². The van der Waals surface area contributed by atoms with Gasteiger partial charge in [-0.15, -0.1) is 0 Å². The lowest BCUT2D eigenvalue weighted by atomic mass is 10.1. The van der Waals surface area contributed by atoms with Crippen LogP contribution in [-0.4, -0.2) is 20.0 Å². The minimum absolute atomic E-state index is 0.394. The number of nitrogens with one attached hydrogen (secondary N) is 2. The van der Waals surface area contributed by atoms with E-state index in [0.717, 1.165) is 0 Å². The van der Waals surface area contributed by atoms with Gasteiger partial charge in [0.15, 0.2) is 0 Å². The lowest BCUT2D eigenvalue weighted by molar-refractivity contribution is 0.211. The summed E-state index contributed by atoms with van der Waals surface area (Å²) in [6.07, 6.45) is 7.99. The third kappa shape index (κ3) is 4.87. The second-order valence-corrected chi connectivity index (χ2v) is 5.39. The smallest absolute Gasteiger partial charge is 0.308 e. The summed E-state index contributed by atoms with van der Waals surface area (Å²) in [5.41, 5.74) is 0.119. The van der Waals surface area contributed by atoms with Gasteiger partial charge in [-0.05, 0) is 43.4 Å². The molecule has 22 heavy (non-hydrogen) atoms. The Balaban J connectivity index is 1.99. The molecule has 2 rings (SSSR count). The maximum atomic E-state index is 11.9. The Morgan fingerprint density at radius 1 is 1.14 bits per heavy atom. The summed E-state index contributed by atoms with van der Waals surface area (Å²) in [5.74, 6) is 0. The largest absolute Gasteiger partial charge is 0.323 e. The summed E-state index contributed by atoms with van der Waals surface area (Å²) in [6, 6.07) is 8.63. The van der Waals surface area contributed by atoms with E-state index in [2.05, 4.69) is 10.6 Å². The van der Waals surface area contributed by atoms with Crippen molar-refractivity contribution in [2.24, 2.45) is 0 Å². The highest BCUT2D eigenvalue weighted by Crippen LogP contribution is 2.18. The normalized spacial score (nSPS) is 20.4. The molecule has 1 unspecified atom stereocenters. The first-order valence-corrected chi connectivity index (χ1v) is 7.62. The summed E-state index contributed by atoms with van der Waals surface area (Å²) in [4.78, 5) is 11.9. The van der Waals surface area contributed by atoms with Crippen LogP contribution in [0.5, 0.6) is 0 Å². The molecule has 0 radical (unpaired) electrons. The van der Waals surface area contributed by atoms with E-state index in [-0.39, 0.29) is 0 Å². The van der Waals surface area contributed by atoms with Gasteiger partial charge in [0.25, 0.3) is 11.0 Å². The number of carbonyl (C=O) groups excluding carboxylic acids is 1. The van der Waals surface area contributed by atoms with Crippen molar-refractivity contribution in [2.45, 2.75) is 12.5 Å². The van der Waals surface area contributed by atoms with Gasteiger partial charge in [0, 0.05) is 11.4 Å². The second-order valence-electron chi connectivity index (χ2n) is 4.76.